The van der Waals surface area contributed by atoms with Crippen molar-refractivity contribution in [1.29, 1.82) is 0 Å². The van der Waals surface area contributed by atoms with Gasteiger partial charge >= 0.3 is 6.03 Å². The lowest BCUT2D eigenvalue weighted by Crippen LogP contribution is -2.55. The second-order valence-corrected chi connectivity index (χ2v) is 6.56. The number of anilines is 1. The molecule has 2 heterocycles. The average molecular weight is 335 g/mol. The molecule has 5 nitrogen and oxygen atoms in total. The van der Waals surface area contributed by atoms with Gasteiger partial charge in [0, 0.05) is 25.3 Å². The summed E-state index contributed by atoms with van der Waals surface area (Å²) in [5.74, 6) is -0.110. The maximum atomic E-state index is 13.3. The highest BCUT2D eigenvalue weighted by Crippen LogP contribution is 2.32. The first kappa shape index (κ1) is 15.7. The van der Waals surface area contributed by atoms with E-state index in [0.717, 1.165) is 23.2 Å². The second kappa shape index (κ2) is 6.24. The molecule has 1 atom stereocenters. The second-order valence-electron chi connectivity index (χ2n) is 6.56. The summed E-state index contributed by atoms with van der Waals surface area (Å²) in [7, 11) is 0. The molecule has 2 aliphatic heterocycles. The normalized spacial score (nSPS) is 19.6. The third kappa shape index (κ3) is 2.65. The van der Waals surface area contributed by atoms with Crippen molar-refractivity contribution in [2.75, 3.05) is 24.5 Å². The van der Waals surface area contributed by atoms with Crippen molar-refractivity contribution in [2.24, 2.45) is 0 Å². The van der Waals surface area contributed by atoms with E-state index in [4.69, 9.17) is 0 Å². The fourth-order valence-electron chi connectivity index (χ4n) is 3.77. The molecule has 128 valence electrons. The molecule has 0 bridgehead atoms. The van der Waals surface area contributed by atoms with Crippen LogP contribution in [-0.4, -0.2) is 36.5 Å². The van der Waals surface area contributed by atoms with E-state index in [1.807, 2.05) is 49.4 Å². The molecular formula is C20H21N3O2. The average Bonchev–Trinajstić information content (AvgIpc) is 3.06. The summed E-state index contributed by atoms with van der Waals surface area (Å²) in [6, 6.07) is 15.1. The number of piperazine rings is 1. The molecule has 2 aliphatic rings. The van der Waals surface area contributed by atoms with Gasteiger partial charge in [-0.1, -0.05) is 42.5 Å². The molecule has 4 rings (SSSR count). The summed E-state index contributed by atoms with van der Waals surface area (Å²) in [5.41, 5.74) is 4.05. The smallest absolute Gasteiger partial charge is 0.325 e. The van der Waals surface area contributed by atoms with Crippen LogP contribution in [0.2, 0.25) is 0 Å². The maximum Gasteiger partial charge on any atom is 0.325 e. The van der Waals surface area contributed by atoms with Gasteiger partial charge in [-0.3, -0.25) is 9.69 Å². The van der Waals surface area contributed by atoms with Gasteiger partial charge in [0.15, 0.2) is 0 Å². The van der Waals surface area contributed by atoms with Crippen LogP contribution in [0.3, 0.4) is 0 Å². The Morgan fingerprint density at radius 1 is 1.08 bits per heavy atom. The predicted octanol–water partition coefficient (Wildman–Crippen LogP) is 2.65. The molecule has 1 fully saturated rings. The Bertz CT molecular complexity index is 833. The number of rotatable bonds is 1. The lowest BCUT2D eigenvalue weighted by atomic mass is 9.98. The first-order valence-electron chi connectivity index (χ1n) is 8.66. The summed E-state index contributed by atoms with van der Waals surface area (Å²) < 4.78 is 0. The number of carbonyl (C=O) groups is 2. The molecule has 0 aromatic heterocycles. The van der Waals surface area contributed by atoms with Crippen LogP contribution in [0, 0.1) is 6.92 Å². The highest BCUT2D eigenvalue weighted by molar-refractivity contribution is 5.98. The van der Waals surface area contributed by atoms with Crippen molar-refractivity contribution < 1.29 is 9.59 Å². The third-order valence-corrected chi connectivity index (χ3v) is 5.06. The molecule has 1 saturated heterocycles. The summed E-state index contributed by atoms with van der Waals surface area (Å²) in [6.07, 6.45) is 0.858. The SMILES string of the molecule is Cc1ccccc1C1C(=O)NCCN1C(=O)N1CCc2ccccc21. The van der Waals surface area contributed by atoms with E-state index in [-0.39, 0.29) is 11.9 Å². The van der Waals surface area contributed by atoms with E-state index < -0.39 is 6.04 Å². The van der Waals surface area contributed by atoms with Crippen LogP contribution < -0.4 is 10.2 Å². The van der Waals surface area contributed by atoms with Gasteiger partial charge in [0.2, 0.25) is 5.91 Å². The van der Waals surface area contributed by atoms with Crippen LogP contribution in [-0.2, 0) is 11.2 Å². The predicted molar refractivity (Wildman–Crippen MR) is 96.5 cm³/mol. The van der Waals surface area contributed by atoms with E-state index in [1.165, 1.54) is 5.56 Å². The lowest BCUT2D eigenvalue weighted by molar-refractivity contribution is -0.127. The van der Waals surface area contributed by atoms with Gasteiger partial charge in [-0.15, -0.1) is 0 Å². The van der Waals surface area contributed by atoms with Crippen molar-refractivity contribution in [3.05, 3.63) is 65.2 Å². The lowest BCUT2D eigenvalue weighted by Gasteiger charge is -2.38. The van der Waals surface area contributed by atoms with Crippen LogP contribution in [0.25, 0.3) is 0 Å². The highest BCUT2D eigenvalue weighted by atomic mass is 16.2. The van der Waals surface area contributed by atoms with Crippen molar-refractivity contribution in [3.8, 4) is 0 Å². The summed E-state index contributed by atoms with van der Waals surface area (Å²) >= 11 is 0. The molecule has 1 N–H and O–H groups in total. The molecule has 5 heteroatoms. The van der Waals surface area contributed by atoms with Crippen LogP contribution >= 0.6 is 0 Å². The summed E-state index contributed by atoms with van der Waals surface area (Å²) in [5, 5.41) is 2.90. The Hall–Kier alpha value is -2.82. The molecule has 0 saturated carbocycles. The van der Waals surface area contributed by atoms with Crippen LogP contribution in [0.4, 0.5) is 10.5 Å². The monoisotopic (exact) mass is 335 g/mol. The van der Waals surface area contributed by atoms with Crippen molar-refractivity contribution in [3.63, 3.8) is 0 Å². The topological polar surface area (TPSA) is 52.7 Å². The number of hydrogen-bond acceptors (Lipinski definition) is 2. The zero-order valence-corrected chi connectivity index (χ0v) is 14.2. The number of nitrogens with zero attached hydrogens (tertiary/aromatic N) is 2. The van der Waals surface area contributed by atoms with Gasteiger partial charge in [-0.05, 0) is 36.1 Å². The Morgan fingerprint density at radius 2 is 1.84 bits per heavy atom. The van der Waals surface area contributed by atoms with Gasteiger partial charge in [0.05, 0.1) is 0 Å². The fourth-order valence-corrected chi connectivity index (χ4v) is 3.77. The molecule has 2 aromatic rings. The van der Waals surface area contributed by atoms with Crippen molar-refractivity contribution in [2.45, 2.75) is 19.4 Å². The fraction of sp³-hybridized carbons (Fsp3) is 0.300. The number of aryl methyl sites for hydroxylation is 1. The van der Waals surface area contributed by atoms with Gasteiger partial charge < -0.3 is 10.2 Å². The van der Waals surface area contributed by atoms with E-state index in [9.17, 15) is 9.59 Å². The van der Waals surface area contributed by atoms with E-state index >= 15 is 0 Å². The number of nitrogens with one attached hydrogen (secondary N) is 1. The first-order valence-corrected chi connectivity index (χ1v) is 8.66. The minimum atomic E-state index is -0.574. The van der Waals surface area contributed by atoms with Crippen LogP contribution in [0.15, 0.2) is 48.5 Å². The molecule has 0 spiro atoms. The van der Waals surface area contributed by atoms with E-state index in [2.05, 4.69) is 11.4 Å². The number of para-hydroxylation sites is 1. The maximum absolute atomic E-state index is 13.3. The Kier molecular flexibility index (Phi) is 3.92. The van der Waals surface area contributed by atoms with Gasteiger partial charge in [0.25, 0.3) is 0 Å². The minimum Gasteiger partial charge on any atom is -0.352 e. The number of benzene rings is 2. The standard InChI is InChI=1S/C20H21N3O2/c1-14-6-2-4-8-16(14)18-19(24)21-11-13-23(18)20(25)22-12-10-15-7-3-5-9-17(15)22/h2-9,18H,10-13H2,1H3,(H,21,24). The van der Waals surface area contributed by atoms with E-state index in [1.54, 1.807) is 9.80 Å². The van der Waals surface area contributed by atoms with Crippen LogP contribution in [0.5, 0.6) is 0 Å². The largest absolute Gasteiger partial charge is 0.352 e. The molecule has 1 unspecified atom stereocenters. The zero-order chi connectivity index (χ0) is 17.4. The van der Waals surface area contributed by atoms with Gasteiger partial charge in [0.1, 0.15) is 6.04 Å². The zero-order valence-electron chi connectivity index (χ0n) is 14.2. The van der Waals surface area contributed by atoms with E-state index in [0.29, 0.717) is 19.6 Å². The number of amides is 3. The third-order valence-electron chi connectivity index (χ3n) is 5.06. The molecule has 2 aromatic carbocycles. The highest BCUT2D eigenvalue weighted by Gasteiger charge is 2.38. The number of fused-ring (bicyclic) bond motifs is 1. The number of urea groups is 1. The van der Waals surface area contributed by atoms with Gasteiger partial charge in [-0.2, -0.15) is 0 Å². The Labute approximate surface area is 147 Å². The summed E-state index contributed by atoms with van der Waals surface area (Å²) in [6.45, 7) is 3.65. The van der Waals surface area contributed by atoms with Crippen molar-refractivity contribution >= 4 is 17.6 Å². The van der Waals surface area contributed by atoms with Crippen LogP contribution in [0.1, 0.15) is 22.7 Å². The molecular weight excluding hydrogens is 314 g/mol. The molecule has 25 heavy (non-hydrogen) atoms. The number of hydrogen-bond donors (Lipinski definition) is 1. The number of carbonyl (C=O) groups excluding carboxylic acids is 2. The quantitative estimate of drug-likeness (QED) is 0.871. The summed E-state index contributed by atoms with van der Waals surface area (Å²) in [4.78, 5) is 29.4. The molecule has 3 amide bonds. The van der Waals surface area contributed by atoms with Gasteiger partial charge in [-0.25, -0.2) is 4.79 Å². The molecule has 0 radical (unpaired) electrons. The molecule has 0 aliphatic carbocycles. The Morgan fingerprint density at radius 3 is 2.68 bits per heavy atom. The Balaban J connectivity index is 1.69. The minimum absolute atomic E-state index is 0.0898. The first-order chi connectivity index (χ1) is 12.2. The van der Waals surface area contributed by atoms with Crippen molar-refractivity contribution in [1.82, 2.24) is 10.2 Å².